The standard InChI is InChI=1S/C25H27FN2O3S/c1-31-15-8-14-27(25(30)22-12-5-6-13-23(22)26)19-24(29)28(18-21-11-7-16-32-21)17-20-9-3-2-4-10-20/h2-7,9-13,16H,8,14-15,17-19H2,1H3. The van der Waals surface area contributed by atoms with Crippen LogP contribution in [0.2, 0.25) is 0 Å². The molecule has 0 aliphatic rings. The van der Waals surface area contributed by atoms with E-state index in [4.69, 9.17) is 4.74 Å². The van der Waals surface area contributed by atoms with Gasteiger partial charge in [0.1, 0.15) is 12.4 Å². The van der Waals surface area contributed by atoms with Gasteiger partial charge in [0.2, 0.25) is 5.91 Å². The highest BCUT2D eigenvalue weighted by molar-refractivity contribution is 7.09. The van der Waals surface area contributed by atoms with Gasteiger partial charge in [-0.1, -0.05) is 48.5 Å². The fraction of sp³-hybridized carbons (Fsp3) is 0.280. The first-order chi connectivity index (χ1) is 15.6. The summed E-state index contributed by atoms with van der Waals surface area (Å²) in [5.74, 6) is -1.28. The predicted octanol–water partition coefficient (Wildman–Crippen LogP) is 4.59. The molecular weight excluding hydrogens is 427 g/mol. The maximum atomic E-state index is 14.3. The summed E-state index contributed by atoms with van der Waals surface area (Å²) in [6.07, 6.45) is 0.549. The van der Waals surface area contributed by atoms with E-state index < -0.39 is 11.7 Å². The first-order valence-electron chi connectivity index (χ1n) is 10.5. The molecule has 32 heavy (non-hydrogen) atoms. The molecule has 5 nitrogen and oxygen atoms in total. The van der Waals surface area contributed by atoms with Crippen molar-refractivity contribution >= 4 is 23.2 Å². The molecule has 0 radical (unpaired) electrons. The lowest BCUT2D eigenvalue weighted by molar-refractivity contribution is -0.133. The molecule has 3 aromatic rings. The van der Waals surface area contributed by atoms with Crippen molar-refractivity contribution in [2.75, 3.05) is 26.8 Å². The fourth-order valence-corrected chi connectivity index (χ4v) is 4.07. The Hall–Kier alpha value is -3.03. The molecular formula is C25H27FN2O3S. The van der Waals surface area contributed by atoms with Gasteiger partial charge in [-0.3, -0.25) is 9.59 Å². The number of rotatable bonds is 11. The van der Waals surface area contributed by atoms with Gasteiger partial charge in [-0.25, -0.2) is 4.39 Å². The van der Waals surface area contributed by atoms with Crippen molar-refractivity contribution in [2.24, 2.45) is 0 Å². The highest BCUT2D eigenvalue weighted by atomic mass is 32.1. The van der Waals surface area contributed by atoms with Crippen LogP contribution in [0.25, 0.3) is 0 Å². The van der Waals surface area contributed by atoms with E-state index in [9.17, 15) is 14.0 Å². The van der Waals surface area contributed by atoms with Crippen molar-refractivity contribution in [1.82, 2.24) is 9.80 Å². The van der Waals surface area contributed by atoms with Crippen LogP contribution in [-0.4, -0.2) is 48.4 Å². The van der Waals surface area contributed by atoms with Gasteiger partial charge in [0, 0.05) is 31.7 Å². The highest BCUT2D eigenvalue weighted by Gasteiger charge is 2.24. The Morgan fingerprint density at radius 1 is 0.938 bits per heavy atom. The number of carbonyl (C=O) groups is 2. The highest BCUT2D eigenvalue weighted by Crippen LogP contribution is 2.16. The van der Waals surface area contributed by atoms with Crippen molar-refractivity contribution in [3.8, 4) is 0 Å². The number of halogens is 1. The van der Waals surface area contributed by atoms with Gasteiger partial charge in [-0.2, -0.15) is 0 Å². The van der Waals surface area contributed by atoms with E-state index in [0.29, 0.717) is 32.7 Å². The summed E-state index contributed by atoms with van der Waals surface area (Å²) in [5, 5.41) is 1.97. The monoisotopic (exact) mass is 454 g/mol. The fourth-order valence-electron chi connectivity index (χ4n) is 3.35. The lowest BCUT2D eigenvalue weighted by Gasteiger charge is -2.28. The minimum Gasteiger partial charge on any atom is -0.385 e. The molecule has 2 amide bonds. The number of thiophene rings is 1. The van der Waals surface area contributed by atoms with Gasteiger partial charge in [0.25, 0.3) is 5.91 Å². The molecule has 2 aromatic carbocycles. The largest absolute Gasteiger partial charge is 0.385 e. The van der Waals surface area contributed by atoms with E-state index in [0.717, 1.165) is 10.4 Å². The third-order valence-electron chi connectivity index (χ3n) is 4.99. The van der Waals surface area contributed by atoms with Crippen LogP contribution in [0, 0.1) is 5.82 Å². The molecule has 0 saturated heterocycles. The molecule has 1 aromatic heterocycles. The van der Waals surface area contributed by atoms with Gasteiger partial charge < -0.3 is 14.5 Å². The quantitative estimate of drug-likeness (QED) is 0.398. The topological polar surface area (TPSA) is 49.9 Å². The van der Waals surface area contributed by atoms with Gasteiger partial charge in [0.15, 0.2) is 0 Å². The summed E-state index contributed by atoms with van der Waals surface area (Å²) >= 11 is 1.58. The molecule has 168 valence electrons. The second-order valence-electron chi connectivity index (χ2n) is 7.37. The van der Waals surface area contributed by atoms with Gasteiger partial charge in [-0.05, 0) is 35.6 Å². The van der Waals surface area contributed by atoms with E-state index in [2.05, 4.69) is 0 Å². The lowest BCUT2D eigenvalue weighted by Crippen LogP contribution is -2.43. The second-order valence-corrected chi connectivity index (χ2v) is 8.40. The zero-order valence-corrected chi connectivity index (χ0v) is 18.9. The number of hydrogen-bond acceptors (Lipinski definition) is 4. The number of methoxy groups -OCH3 is 1. The van der Waals surface area contributed by atoms with Crippen LogP contribution in [0.15, 0.2) is 72.1 Å². The van der Waals surface area contributed by atoms with Crippen molar-refractivity contribution in [1.29, 1.82) is 0 Å². The van der Waals surface area contributed by atoms with E-state index >= 15 is 0 Å². The maximum Gasteiger partial charge on any atom is 0.257 e. The van der Waals surface area contributed by atoms with Crippen LogP contribution in [-0.2, 0) is 22.6 Å². The zero-order valence-electron chi connectivity index (χ0n) is 18.1. The van der Waals surface area contributed by atoms with Crippen LogP contribution >= 0.6 is 11.3 Å². The maximum absolute atomic E-state index is 14.3. The number of carbonyl (C=O) groups excluding carboxylic acids is 2. The molecule has 0 aliphatic carbocycles. The molecule has 0 bridgehead atoms. The van der Waals surface area contributed by atoms with E-state index in [1.54, 1.807) is 29.4 Å². The molecule has 0 unspecified atom stereocenters. The summed E-state index contributed by atoms with van der Waals surface area (Å²) in [6, 6.07) is 19.5. The molecule has 0 atom stereocenters. The smallest absolute Gasteiger partial charge is 0.257 e. The Bertz CT molecular complexity index is 995. The minimum absolute atomic E-state index is 0.0365. The Balaban J connectivity index is 1.79. The lowest BCUT2D eigenvalue weighted by atomic mass is 10.1. The molecule has 1 heterocycles. The van der Waals surface area contributed by atoms with Crippen LogP contribution in [0.4, 0.5) is 4.39 Å². The summed E-state index contributed by atoms with van der Waals surface area (Å²) < 4.78 is 19.4. The Morgan fingerprint density at radius 2 is 1.69 bits per heavy atom. The van der Waals surface area contributed by atoms with Crippen molar-refractivity contribution in [2.45, 2.75) is 19.5 Å². The summed E-state index contributed by atoms with van der Waals surface area (Å²) in [5.41, 5.74) is 0.967. The Labute approximate surface area is 192 Å². The molecule has 3 rings (SSSR count). The molecule has 0 spiro atoms. The van der Waals surface area contributed by atoms with E-state index in [1.807, 2.05) is 47.8 Å². The molecule has 0 N–H and O–H groups in total. The number of ether oxygens (including phenoxy) is 1. The SMILES string of the molecule is COCCCN(CC(=O)N(Cc1ccccc1)Cc1cccs1)C(=O)c1ccccc1F. The molecule has 0 fully saturated rings. The third-order valence-corrected chi connectivity index (χ3v) is 5.85. The van der Waals surface area contributed by atoms with Gasteiger partial charge in [-0.15, -0.1) is 11.3 Å². The zero-order chi connectivity index (χ0) is 22.8. The van der Waals surface area contributed by atoms with E-state index in [-0.39, 0.29) is 18.0 Å². The van der Waals surface area contributed by atoms with Crippen LogP contribution < -0.4 is 0 Å². The molecule has 0 saturated carbocycles. The first-order valence-corrected chi connectivity index (χ1v) is 11.3. The summed E-state index contributed by atoms with van der Waals surface area (Å²) in [4.78, 5) is 30.6. The van der Waals surface area contributed by atoms with Crippen molar-refractivity contribution < 1.29 is 18.7 Å². The normalized spacial score (nSPS) is 10.7. The first kappa shape index (κ1) is 23.6. The average Bonchev–Trinajstić information content (AvgIpc) is 3.32. The number of nitrogens with zero attached hydrogens (tertiary/aromatic N) is 2. The predicted molar refractivity (Wildman–Crippen MR) is 124 cm³/mol. The summed E-state index contributed by atoms with van der Waals surface area (Å²) in [6.45, 7) is 1.49. The average molecular weight is 455 g/mol. The van der Waals surface area contributed by atoms with Crippen molar-refractivity contribution in [3.63, 3.8) is 0 Å². The van der Waals surface area contributed by atoms with Crippen LogP contribution in [0.3, 0.4) is 0 Å². The third kappa shape index (κ3) is 6.73. The Morgan fingerprint density at radius 3 is 2.38 bits per heavy atom. The minimum atomic E-state index is -0.596. The molecule has 0 aliphatic heterocycles. The number of hydrogen-bond donors (Lipinski definition) is 0. The van der Waals surface area contributed by atoms with Crippen LogP contribution in [0.5, 0.6) is 0 Å². The van der Waals surface area contributed by atoms with E-state index in [1.165, 1.54) is 23.1 Å². The molecule has 7 heteroatoms. The van der Waals surface area contributed by atoms with Gasteiger partial charge >= 0.3 is 0 Å². The van der Waals surface area contributed by atoms with Crippen molar-refractivity contribution in [3.05, 3.63) is 93.9 Å². The number of amides is 2. The van der Waals surface area contributed by atoms with Crippen LogP contribution in [0.1, 0.15) is 27.2 Å². The number of benzene rings is 2. The summed E-state index contributed by atoms with van der Waals surface area (Å²) in [7, 11) is 1.58. The second kappa shape index (κ2) is 12.1. The Kier molecular flexibility index (Phi) is 8.95. The van der Waals surface area contributed by atoms with Gasteiger partial charge in [0.05, 0.1) is 12.1 Å².